The number of aliphatic carboxylic acids is 1. The molecular formula is C12H14O3S. The average Bonchev–Trinajstić information content (AvgIpc) is 2.26. The molecule has 0 heterocycles. The summed E-state index contributed by atoms with van der Waals surface area (Å²) in [5.74, 6) is 0.605. The van der Waals surface area contributed by atoms with Gasteiger partial charge in [-0.25, -0.2) is 4.79 Å². The molecule has 16 heavy (non-hydrogen) atoms. The molecule has 0 aliphatic heterocycles. The molecule has 1 aromatic rings. The second-order valence-corrected chi connectivity index (χ2v) is 4.34. The molecule has 0 aliphatic rings. The number of rotatable bonds is 5. The Morgan fingerprint density at radius 3 is 2.56 bits per heavy atom. The largest absolute Gasteiger partial charge is 0.497 e. The third kappa shape index (κ3) is 4.40. The molecule has 1 aromatic carbocycles. The first-order valence-corrected chi connectivity index (χ1v) is 5.77. The number of ether oxygens (including phenoxy) is 1. The Morgan fingerprint density at radius 1 is 1.44 bits per heavy atom. The molecule has 0 aliphatic carbocycles. The second kappa shape index (κ2) is 6.23. The van der Waals surface area contributed by atoms with Crippen molar-refractivity contribution in [2.75, 3.05) is 12.9 Å². The number of hydrogen-bond acceptors (Lipinski definition) is 3. The molecule has 0 aromatic heterocycles. The fraction of sp³-hybridized carbons (Fsp3) is 0.250. The van der Waals surface area contributed by atoms with Crippen molar-refractivity contribution >= 4 is 17.7 Å². The van der Waals surface area contributed by atoms with Crippen molar-refractivity contribution < 1.29 is 14.6 Å². The van der Waals surface area contributed by atoms with Gasteiger partial charge in [0.15, 0.2) is 0 Å². The predicted octanol–water partition coefficient (Wildman–Crippen LogP) is 2.82. The van der Waals surface area contributed by atoms with E-state index in [9.17, 15) is 4.79 Å². The van der Waals surface area contributed by atoms with Gasteiger partial charge < -0.3 is 9.84 Å². The molecular weight excluding hydrogens is 224 g/mol. The van der Waals surface area contributed by atoms with Crippen molar-refractivity contribution in [2.45, 2.75) is 11.8 Å². The number of carboxylic acids is 1. The first kappa shape index (κ1) is 12.6. The molecule has 0 radical (unpaired) electrons. The Morgan fingerprint density at radius 2 is 2.06 bits per heavy atom. The van der Waals surface area contributed by atoms with E-state index in [1.54, 1.807) is 18.9 Å². The van der Waals surface area contributed by atoms with Crippen molar-refractivity contribution in [1.29, 1.82) is 0 Å². The Labute approximate surface area is 99.1 Å². The molecule has 0 amide bonds. The summed E-state index contributed by atoms with van der Waals surface area (Å²) in [5, 5.41) is 8.55. The molecule has 0 saturated heterocycles. The van der Waals surface area contributed by atoms with E-state index in [1.807, 2.05) is 31.2 Å². The van der Waals surface area contributed by atoms with Gasteiger partial charge in [-0.15, -0.1) is 11.8 Å². The molecule has 0 unspecified atom stereocenters. The van der Waals surface area contributed by atoms with Gasteiger partial charge in [-0.1, -0.05) is 5.57 Å². The highest BCUT2D eigenvalue weighted by Crippen LogP contribution is 2.22. The maximum atomic E-state index is 10.4. The van der Waals surface area contributed by atoms with Crippen LogP contribution in [0.4, 0.5) is 0 Å². The van der Waals surface area contributed by atoms with E-state index in [0.29, 0.717) is 5.75 Å². The van der Waals surface area contributed by atoms with Crippen molar-refractivity contribution in [1.82, 2.24) is 0 Å². The summed E-state index contributed by atoms with van der Waals surface area (Å²) in [4.78, 5) is 11.5. The predicted molar refractivity (Wildman–Crippen MR) is 65.1 cm³/mol. The molecule has 1 N–H and O–H groups in total. The molecule has 0 fully saturated rings. The summed E-state index contributed by atoms with van der Waals surface area (Å²) >= 11 is 1.60. The van der Waals surface area contributed by atoms with Gasteiger partial charge in [0.1, 0.15) is 5.75 Å². The summed E-state index contributed by atoms with van der Waals surface area (Å²) in [5.41, 5.74) is 0.841. The zero-order chi connectivity index (χ0) is 12.0. The molecule has 0 saturated carbocycles. The number of thioether (sulfide) groups is 1. The van der Waals surface area contributed by atoms with Crippen LogP contribution in [0.25, 0.3) is 0 Å². The topological polar surface area (TPSA) is 46.5 Å². The smallest absolute Gasteiger partial charge is 0.328 e. The minimum atomic E-state index is -0.896. The quantitative estimate of drug-likeness (QED) is 0.633. The van der Waals surface area contributed by atoms with Crippen LogP contribution in [0.3, 0.4) is 0 Å². The lowest BCUT2D eigenvalue weighted by Crippen LogP contribution is -1.91. The van der Waals surface area contributed by atoms with Gasteiger partial charge in [0.2, 0.25) is 0 Å². The minimum Gasteiger partial charge on any atom is -0.497 e. The third-order valence-electron chi connectivity index (χ3n) is 1.90. The molecule has 1 rings (SSSR count). The average molecular weight is 238 g/mol. The van der Waals surface area contributed by atoms with E-state index in [0.717, 1.165) is 16.2 Å². The summed E-state index contributed by atoms with van der Waals surface area (Å²) < 4.78 is 5.05. The highest BCUT2D eigenvalue weighted by molar-refractivity contribution is 7.99. The molecule has 4 heteroatoms. The van der Waals surface area contributed by atoms with Gasteiger partial charge in [-0.3, -0.25) is 0 Å². The summed E-state index contributed by atoms with van der Waals surface area (Å²) in [6.07, 6.45) is 1.23. The van der Waals surface area contributed by atoms with Gasteiger partial charge in [0, 0.05) is 16.7 Å². The second-order valence-electron chi connectivity index (χ2n) is 3.29. The number of hydrogen-bond donors (Lipinski definition) is 1. The molecule has 0 atom stereocenters. The van der Waals surface area contributed by atoms with Gasteiger partial charge in [0.05, 0.1) is 7.11 Å². The number of carboxylic acid groups (broad SMARTS) is 1. The molecule has 86 valence electrons. The number of methoxy groups -OCH3 is 1. The Bertz CT molecular complexity index is 382. The van der Waals surface area contributed by atoms with Crippen LogP contribution in [0.5, 0.6) is 5.75 Å². The van der Waals surface area contributed by atoms with Gasteiger partial charge in [-0.05, 0) is 31.2 Å². The SMILES string of the molecule is COc1ccc(SCC(C)=CC(=O)O)cc1. The minimum absolute atomic E-state index is 0.679. The Hall–Kier alpha value is -1.42. The van der Waals surface area contributed by atoms with Crippen LogP contribution in [0.1, 0.15) is 6.92 Å². The van der Waals surface area contributed by atoms with Crippen molar-refractivity contribution in [3.8, 4) is 5.75 Å². The normalized spacial score (nSPS) is 11.2. The zero-order valence-electron chi connectivity index (χ0n) is 9.27. The first-order chi connectivity index (χ1) is 7.61. The van der Waals surface area contributed by atoms with Crippen molar-refractivity contribution in [3.05, 3.63) is 35.9 Å². The molecule has 0 spiro atoms. The van der Waals surface area contributed by atoms with E-state index >= 15 is 0 Å². The summed E-state index contributed by atoms with van der Waals surface area (Å²) in [6, 6.07) is 7.69. The summed E-state index contributed by atoms with van der Waals surface area (Å²) in [7, 11) is 1.63. The van der Waals surface area contributed by atoms with Crippen LogP contribution in [0.2, 0.25) is 0 Å². The van der Waals surface area contributed by atoms with Crippen LogP contribution >= 0.6 is 11.8 Å². The van der Waals surface area contributed by atoms with E-state index in [-0.39, 0.29) is 0 Å². The maximum absolute atomic E-state index is 10.4. The van der Waals surface area contributed by atoms with Crippen LogP contribution in [-0.4, -0.2) is 23.9 Å². The van der Waals surface area contributed by atoms with E-state index < -0.39 is 5.97 Å². The van der Waals surface area contributed by atoms with Crippen molar-refractivity contribution in [3.63, 3.8) is 0 Å². The fourth-order valence-corrected chi connectivity index (χ4v) is 1.93. The number of benzene rings is 1. The van der Waals surface area contributed by atoms with Crippen LogP contribution in [0.15, 0.2) is 40.8 Å². The third-order valence-corrected chi connectivity index (χ3v) is 3.10. The first-order valence-electron chi connectivity index (χ1n) is 4.79. The lowest BCUT2D eigenvalue weighted by molar-refractivity contribution is -0.131. The van der Waals surface area contributed by atoms with E-state index in [4.69, 9.17) is 9.84 Å². The van der Waals surface area contributed by atoms with Gasteiger partial charge in [0.25, 0.3) is 0 Å². The molecule has 0 bridgehead atoms. The standard InChI is InChI=1S/C12H14O3S/c1-9(7-12(13)14)8-16-11-5-3-10(15-2)4-6-11/h3-7H,8H2,1-2H3,(H,13,14). The van der Waals surface area contributed by atoms with Gasteiger partial charge in [-0.2, -0.15) is 0 Å². The lowest BCUT2D eigenvalue weighted by atomic mass is 10.3. The number of carbonyl (C=O) groups is 1. The van der Waals surface area contributed by atoms with Crippen LogP contribution in [0, 0.1) is 0 Å². The highest BCUT2D eigenvalue weighted by atomic mass is 32.2. The van der Waals surface area contributed by atoms with Crippen LogP contribution < -0.4 is 4.74 Å². The Balaban J connectivity index is 2.51. The monoisotopic (exact) mass is 238 g/mol. The van der Waals surface area contributed by atoms with Crippen molar-refractivity contribution in [2.24, 2.45) is 0 Å². The maximum Gasteiger partial charge on any atom is 0.328 e. The van der Waals surface area contributed by atoms with Gasteiger partial charge >= 0.3 is 5.97 Å². The fourth-order valence-electron chi connectivity index (χ4n) is 1.12. The summed E-state index contributed by atoms with van der Waals surface area (Å²) in [6.45, 7) is 1.81. The zero-order valence-corrected chi connectivity index (χ0v) is 10.1. The Kier molecular flexibility index (Phi) is 4.92. The molecule has 3 nitrogen and oxygen atoms in total. The highest BCUT2D eigenvalue weighted by Gasteiger charge is 1.98. The van der Waals surface area contributed by atoms with Crippen LogP contribution in [-0.2, 0) is 4.79 Å². The van der Waals surface area contributed by atoms with E-state index in [2.05, 4.69) is 0 Å². The lowest BCUT2D eigenvalue weighted by Gasteiger charge is -2.03. The van der Waals surface area contributed by atoms with E-state index in [1.165, 1.54) is 6.08 Å².